The van der Waals surface area contributed by atoms with Crippen molar-refractivity contribution in [1.82, 2.24) is 0 Å². The minimum Gasteiger partial charge on any atom is -0.478 e. The summed E-state index contributed by atoms with van der Waals surface area (Å²) in [6, 6.07) is 8.94. The summed E-state index contributed by atoms with van der Waals surface area (Å²) in [4.78, 5) is 10.8. The van der Waals surface area contributed by atoms with Crippen molar-refractivity contribution < 1.29 is 22.7 Å². The Balaban J connectivity index is 2.31. The van der Waals surface area contributed by atoms with Crippen LogP contribution in [0, 0.1) is 12.7 Å². The van der Waals surface area contributed by atoms with Crippen LogP contribution in [0.5, 0.6) is 0 Å². The first kappa shape index (κ1) is 15.2. The van der Waals surface area contributed by atoms with Gasteiger partial charge < -0.3 is 5.11 Å². The summed E-state index contributed by atoms with van der Waals surface area (Å²) in [6.45, 7) is 1.64. The van der Waals surface area contributed by atoms with Gasteiger partial charge in [0, 0.05) is 0 Å². The maximum absolute atomic E-state index is 13.0. The van der Waals surface area contributed by atoms with Gasteiger partial charge in [0.15, 0.2) is 9.84 Å². The van der Waals surface area contributed by atoms with Gasteiger partial charge in [0.1, 0.15) is 5.82 Å². The number of carboxylic acids is 1. The molecular weight excluding hydrogens is 295 g/mol. The van der Waals surface area contributed by atoms with E-state index in [9.17, 15) is 17.6 Å². The highest BCUT2D eigenvalue weighted by Gasteiger charge is 2.17. The number of halogens is 1. The largest absolute Gasteiger partial charge is 0.478 e. The molecule has 0 unspecified atom stereocenters. The molecule has 0 bridgehead atoms. The van der Waals surface area contributed by atoms with Crippen LogP contribution < -0.4 is 0 Å². The molecule has 0 fully saturated rings. The highest BCUT2D eigenvalue weighted by molar-refractivity contribution is 7.90. The highest BCUT2D eigenvalue weighted by Crippen LogP contribution is 2.20. The van der Waals surface area contributed by atoms with E-state index in [1.165, 1.54) is 42.5 Å². The molecule has 0 radical (unpaired) electrons. The van der Waals surface area contributed by atoms with Crippen LogP contribution in [0.2, 0.25) is 0 Å². The van der Waals surface area contributed by atoms with Gasteiger partial charge in [0.2, 0.25) is 0 Å². The normalized spacial score (nSPS) is 11.3. The lowest BCUT2D eigenvalue weighted by Gasteiger charge is -2.08. The average molecular weight is 308 g/mol. The van der Waals surface area contributed by atoms with E-state index in [2.05, 4.69) is 0 Å². The molecule has 0 aliphatic heterocycles. The van der Waals surface area contributed by atoms with Crippen LogP contribution in [0.3, 0.4) is 0 Å². The van der Waals surface area contributed by atoms with Gasteiger partial charge in [-0.1, -0.05) is 6.07 Å². The Morgan fingerprint density at radius 3 is 2.29 bits per heavy atom. The molecule has 0 aliphatic carbocycles. The van der Waals surface area contributed by atoms with Gasteiger partial charge in [0.25, 0.3) is 0 Å². The Hall–Kier alpha value is -2.21. The summed E-state index contributed by atoms with van der Waals surface area (Å²) >= 11 is 0. The zero-order valence-electron chi connectivity index (χ0n) is 11.2. The Bertz CT molecular complexity index is 780. The number of aromatic carboxylic acids is 1. The minimum absolute atomic E-state index is 0.0203. The first-order valence-electron chi connectivity index (χ1n) is 6.11. The van der Waals surface area contributed by atoms with E-state index in [0.29, 0.717) is 11.1 Å². The molecule has 2 rings (SSSR count). The molecule has 0 aromatic heterocycles. The second-order valence-corrected chi connectivity index (χ2v) is 6.65. The van der Waals surface area contributed by atoms with Gasteiger partial charge in [0.05, 0.1) is 16.2 Å². The van der Waals surface area contributed by atoms with Crippen LogP contribution in [0.1, 0.15) is 21.5 Å². The molecule has 110 valence electrons. The van der Waals surface area contributed by atoms with Crippen molar-refractivity contribution in [1.29, 1.82) is 0 Å². The molecule has 0 heterocycles. The quantitative estimate of drug-likeness (QED) is 0.942. The summed E-state index contributed by atoms with van der Waals surface area (Å²) in [7, 11) is -3.61. The van der Waals surface area contributed by atoms with Gasteiger partial charge in [-0.2, -0.15) is 0 Å². The van der Waals surface area contributed by atoms with E-state index in [1.807, 2.05) is 0 Å². The molecule has 0 amide bonds. The predicted molar refractivity (Wildman–Crippen MR) is 75.4 cm³/mol. The lowest BCUT2D eigenvalue weighted by Crippen LogP contribution is -2.07. The summed E-state index contributed by atoms with van der Waals surface area (Å²) in [6.07, 6.45) is 0. The van der Waals surface area contributed by atoms with Gasteiger partial charge in [-0.15, -0.1) is 0 Å². The van der Waals surface area contributed by atoms with E-state index in [4.69, 9.17) is 5.11 Å². The molecule has 0 saturated heterocycles. The standard InChI is InChI=1S/C15H13FO4S/c1-10-8-13(16)5-2-12(10)9-21(19,20)14-6-3-11(4-7-14)15(17)18/h2-8H,9H2,1H3,(H,17,18). The molecule has 6 heteroatoms. The summed E-state index contributed by atoms with van der Waals surface area (Å²) in [5.41, 5.74) is 1.09. The van der Waals surface area contributed by atoms with Gasteiger partial charge in [-0.25, -0.2) is 17.6 Å². The molecule has 0 atom stereocenters. The zero-order valence-corrected chi connectivity index (χ0v) is 12.0. The number of carbonyl (C=O) groups is 1. The maximum atomic E-state index is 13.0. The Labute approximate surface area is 121 Å². The molecular formula is C15H13FO4S. The van der Waals surface area contributed by atoms with Gasteiger partial charge in [-0.3, -0.25) is 0 Å². The van der Waals surface area contributed by atoms with Crippen molar-refractivity contribution in [2.75, 3.05) is 0 Å². The third-order valence-electron chi connectivity index (χ3n) is 3.11. The van der Waals surface area contributed by atoms with Gasteiger partial charge >= 0.3 is 5.97 Å². The first-order chi connectivity index (χ1) is 9.79. The van der Waals surface area contributed by atoms with Crippen molar-refractivity contribution in [3.05, 3.63) is 65.0 Å². The fourth-order valence-corrected chi connectivity index (χ4v) is 3.36. The highest BCUT2D eigenvalue weighted by atomic mass is 32.2. The molecule has 2 aromatic carbocycles. The topological polar surface area (TPSA) is 71.4 Å². The SMILES string of the molecule is Cc1cc(F)ccc1CS(=O)(=O)c1ccc(C(=O)O)cc1. The first-order valence-corrected chi connectivity index (χ1v) is 7.76. The number of rotatable bonds is 4. The third kappa shape index (κ3) is 3.46. The van der Waals surface area contributed by atoms with Crippen molar-refractivity contribution in [2.24, 2.45) is 0 Å². The monoisotopic (exact) mass is 308 g/mol. The Morgan fingerprint density at radius 1 is 1.14 bits per heavy atom. The smallest absolute Gasteiger partial charge is 0.335 e. The second-order valence-electron chi connectivity index (χ2n) is 4.66. The van der Waals surface area contributed by atoms with Crippen LogP contribution in [0.4, 0.5) is 4.39 Å². The molecule has 0 saturated carbocycles. The van der Waals surface area contributed by atoms with E-state index in [1.54, 1.807) is 6.92 Å². The fourth-order valence-electron chi connectivity index (χ4n) is 1.91. The number of hydrogen-bond donors (Lipinski definition) is 1. The molecule has 1 N–H and O–H groups in total. The van der Waals surface area contributed by atoms with Crippen LogP contribution in [-0.2, 0) is 15.6 Å². The van der Waals surface area contributed by atoms with Crippen LogP contribution in [0.25, 0.3) is 0 Å². The van der Waals surface area contributed by atoms with Crippen LogP contribution in [0.15, 0.2) is 47.4 Å². The summed E-state index contributed by atoms with van der Waals surface area (Å²) in [5.74, 6) is -1.79. The third-order valence-corrected chi connectivity index (χ3v) is 4.79. The summed E-state index contributed by atoms with van der Waals surface area (Å²) < 4.78 is 37.6. The second kappa shape index (κ2) is 5.65. The van der Waals surface area contributed by atoms with Crippen LogP contribution in [-0.4, -0.2) is 19.5 Å². The molecule has 21 heavy (non-hydrogen) atoms. The maximum Gasteiger partial charge on any atom is 0.335 e. The number of hydrogen-bond acceptors (Lipinski definition) is 3. The van der Waals surface area contributed by atoms with Crippen molar-refractivity contribution in [2.45, 2.75) is 17.6 Å². The number of aryl methyl sites for hydroxylation is 1. The van der Waals surface area contributed by atoms with E-state index in [0.717, 1.165) is 0 Å². The van der Waals surface area contributed by atoms with Crippen molar-refractivity contribution in [3.63, 3.8) is 0 Å². The lowest BCUT2D eigenvalue weighted by molar-refractivity contribution is 0.0696. The molecule has 4 nitrogen and oxygen atoms in total. The lowest BCUT2D eigenvalue weighted by atomic mass is 10.1. The number of sulfone groups is 1. The van der Waals surface area contributed by atoms with Crippen LogP contribution >= 0.6 is 0 Å². The Kier molecular flexibility index (Phi) is 4.09. The van der Waals surface area contributed by atoms with Gasteiger partial charge in [-0.05, 0) is 54.4 Å². The zero-order chi connectivity index (χ0) is 15.6. The molecule has 0 spiro atoms. The predicted octanol–water partition coefficient (Wildman–Crippen LogP) is 2.81. The number of benzene rings is 2. The minimum atomic E-state index is -3.61. The fraction of sp³-hybridized carbons (Fsp3) is 0.133. The Morgan fingerprint density at radius 2 is 1.76 bits per heavy atom. The van der Waals surface area contributed by atoms with E-state index >= 15 is 0 Å². The molecule has 2 aromatic rings. The average Bonchev–Trinajstić information content (AvgIpc) is 2.42. The van der Waals surface area contributed by atoms with Crippen molar-refractivity contribution in [3.8, 4) is 0 Å². The van der Waals surface area contributed by atoms with Crippen molar-refractivity contribution >= 4 is 15.8 Å². The molecule has 0 aliphatic rings. The van der Waals surface area contributed by atoms with E-state index < -0.39 is 21.6 Å². The number of carboxylic acid groups (broad SMARTS) is 1. The summed E-state index contributed by atoms with van der Waals surface area (Å²) in [5, 5.41) is 8.79. The van der Waals surface area contributed by atoms with E-state index in [-0.39, 0.29) is 16.2 Å².